The number of pyridine rings is 1. The molecular formula is C21H23BClN5. The highest BCUT2D eigenvalue weighted by atomic mass is 35.5. The smallest absolute Gasteiger partial charge is 0.144 e. The molecule has 0 spiro atoms. The number of hydrogen-bond donors (Lipinski definition) is 2. The highest BCUT2D eigenvalue weighted by Crippen LogP contribution is 2.19. The summed E-state index contributed by atoms with van der Waals surface area (Å²) in [5, 5.41) is 7.60. The molecule has 1 aliphatic rings. The normalized spacial score (nSPS) is 15.4. The van der Waals surface area contributed by atoms with Crippen LogP contribution in [-0.2, 0) is 13.1 Å². The molecule has 2 aromatic rings. The zero-order chi connectivity index (χ0) is 19.9. The topological polar surface area (TPSA) is 52.6 Å². The van der Waals surface area contributed by atoms with Crippen molar-refractivity contribution in [2.24, 2.45) is 4.99 Å². The van der Waals surface area contributed by atoms with Crippen LogP contribution in [0.5, 0.6) is 0 Å². The number of aromatic nitrogens is 1. The molecule has 28 heavy (non-hydrogen) atoms. The number of hydrogen-bond acceptors (Lipinski definition) is 5. The molecule has 142 valence electrons. The average Bonchev–Trinajstić information content (AvgIpc) is 2.73. The zero-order valence-corrected chi connectivity index (χ0v) is 16.9. The van der Waals surface area contributed by atoms with Crippen LogP contribution >= 0.6 is 11.6 Å². The van der Waals surface area contributed by atoms with Gasteiger partial charge in [-0.2, -0.15) is 0 Å². The van der Waals surface area contributed by atoms with Crippen molar-refractivity contribution >= 4 is 25.3 Å². The first-order valence-corrected chi connectivity index (χ1v) is 9.43. The first-order valence-electron chi connectivity index (χ1n) is 9.05. The van der Waals surface area contributed by atoms with Gasteiger partial charge in [0.2, 0.25) is 0 Å². The van der Waals surface area contributed by atoms with Crippen molar-refractivity contribution in [2.75, 3.05) is 7.05 Å². The molecule has 1 aromatic carbocycles. The Balaban J connectivity index is 1.78. The summed E-state index contributed by atoms with van der Waals surface area (Å²) < 4.78 is 0. The summed E-state index contributed by atoms with van der Waals surface area (Å²) in [5.74, 6) is 2.59. The van der Waals surface area contributed by atoms with Crippen molar-refractivity contribution in [3.8, 4) is 0 Å². The Bertz CT molecular complexity index is 920. The molecule has 0 saturated heterocycles. The van der Waals surface area contributed by atoms with Crippen LogP contribution in [0.3, 0.4) is 0 Å². The highest BCUT2D eigenvalue weighted by Gasteiger charge is 2.18. The summed E-state index contributed by atoms with van der Waals surface area (Å²) in [5.41, 5.74) is 3.25. The Morgan fingerprint density at radius 1 is 1.18 bits per heavy atom. The minimum atomic E-state index is 0.659. The van der Waals surface area contributed by atoms with E-state index in [1.165, 1.54) is 0 Å². The lowest BCUT2D eigenvalue weighted by molar-refractivity contribution is 0.455. The monoisotopic (exact) mass is 391 g/mol. The average molecular weight is 392 g/mol. The number of nitrogens with zero attached hydrogens (tertiary/aromatic N) is 3. The van der Waals surface area contributed by atoms with Crippen LogP contribution in [0.4, 0.5) is 0 Å². The summed E-state index contributed by atoms with van der Waals surface area (Å²) in [6, 6.07) is 11.8. The Hall–Kier alpha value is -2.99. The number of halogens is 1. The van der Waals surface area contributed by atoms with Gasteiger partial charge in [0, 0.05) is 43.6 Å². The van der Waals surface area contributed by atoms with Crippen molar-refractivity contribution in [3.63, 3.8) is 0 Å². The lowest BCUT2D eigenvalue weighted by Gasteiger charge is -2.29. The van der Waals surface area contributed by atoms with E-state index in [-0.39, 0.29) is 0 Å². The van der Waals surface area contributed by atoms with Gasteiger partial charge in [0.25, 0.3) is 0 Å². The fourth-order valence-electron chi connectivity index (χ4n) is 2.76. The van der Waals surface area contributed by atoms with Gasteiger partial charge in [0.1, 0.15) is 25.3 Å². The van der Waals surface area contributed by atoms with Crippen LogP contribution in [0, 0.1) is 0 Å². The van der Waals surface area contributed by atoms with Crippen LogP contribution in [0.1, 0.15) is 11.1 Å². The fourth-order valence-corrected chi connectivity index (χ4v) is 2.88. The van der Waals surface area contributed by atoms with E-state index in [1.54, 1.807) is 6.20 Å². The first-order chi connectivity index (χ1) is 13.6. The quantitative estimate of drug-likeness (QED) is 0.744. The van der Waals surface area contributed by atoms with Gasteiger partial charge >= 0.3 is 0 Å². The molecule has 0 atom stereocenters. The molecule has 0 saturated carbocycles. The van der Waals surface area contributed by atoms with Crippen LogP contribution in [0.25, 0.3) is 0 Å². The molecule has 0 unspecified atom stereocenters. The van der Waals surface area contributed by atoms with Crippen molar-refractivity contribution in [3.05, 3.63) is 101 Å². The van der Waals surface area contributed by atoms with Crippen molar-refractivity contribution in [1.82, 2.24) is 20.5 Å². The van der Waals surface area contributed by atoms with Crippen LogP contribution in [0.2, 0.25) is 5.02 Å². The van der Waals surface area contributed by atoms with Gasteiger partial charge in [-0.1, -0.05) is 42.5 Å². The summed E-state index contributed by atoms with van der Waals surface area (Å²) in [7, 11) is 3.99. The second kappa shape index (κ2) is 9.28. The number of aliphatic imine (C=N–C) groups is 1. The predicted molar refractivity (Wildman–Crippen MR) is 118 cm³/mol. The minimum absolute atomic E-state index is 0.659. The van der Waals surface area contributed by atoms with E-state index in [0.29, 0.717) is 13.1 Å². The second-order valence-corrected chi connectivity index (χ2v) is 6.93. The van der Waals surface area contributed by atoms with Crippen molar-refractivity contribution in [2.45, 2.75) is 13.1 Å². The SMILES string of the molecule is B/C(C=C)=C1\N=C(NCc2ccc(Cl)cc2)C=C(NCc2cccnc2)N1C. The van der Waals surface area contributed by atoms with Crippen LogP contribution in [-0.4, -0.2) is 30.6 Å². The minimum Gasteiger partial charge on any atom is -0.367 e. The molecule has 0 fully saturated rings. The van der Waals surface area contributed by atoms with E-state index in [9.17, 15) is 0 Å². The Kier molecular flexibility index (Phi) is 6.55. The number of allylic oxidation sites excluding steroid dienone is 2. The summed E-state index contributed by atoms with van der Waals surface area (Å²) in [6.45, 7) is 5.22. The van der Waals surface area contributed by atoms with Crippen molar-refractivity contribution in [1.29, 1.82) is 0 Å². The van der Waals surface area contributed by atoms with E-state index in [4.69, 9.17) is 16.6 Å². The van der Waals surface area contributed by atoms with Gasteiger partial charge in [-0.15, -0.1) is 0 Å². The molecule has 0 radical (unpaired) electrons. The Morgan fingerprint density at radius 3 is 2.61 bits per heavy atom. The van der Waals surface area contributed by atoms with Gasteiger partial charge in [-0.05, 0) is 34.8 Å². The molecule has 5 nitrogen and oxygen atoms in total. The molecule has 2 N–H and O–H groups in total. The molecule has 2 heterocycles. The second-order valence-electron chi connectivity index (χ2n) is 6.49. The standard InChI is InChI=1S/C21H23BClN5/c1-3-18(22)21-27-19(25-13-15-6-8-17(23)9-7-15)11-20(28(21)2)26-14-16-5-4-10-24-12-16/h3-12,26H,1,13-14,22H2,2H3,(H,25,27)/b21-18+. The molecule has 1 aliphatic heterocycles. The molecule has 3 rings (SSSR count). The lowest BCUT2D eigenvalue weighted by Crippen LogP contribution is -2.35. The Labute approximate surface area is 171 Å². The van der Waals surface area contributed by atoms with E-state index < -0.39 is 0 Å². The first kappa shape index (κ1) is 19.8. The van der Waals surface area contributed by atoms with Gasteiger partial charge < -0.3 is 15.5 Å². The number of nitrogens with one attached hydrogen (secondary N) is 2. The number of rotatable bonds is 6. The highest BCUT2D eigenvalue weighted by molar-refractivity contribution is 6.30. The third-order valence-electron chi connectivity index (χ3n) is 4.42. The predicted octanol–water partition coefficient (Wildman–Crippen LogP) is 2.79. The van der Waals surface area contributed by atoms with Gasteiger partial charge in [0.15, 0.2) is 0 Å². The van der Waals surface area contributed by atoms with Crippen molar-refractivity contribution < 1.29 is 0 Å². The van der Waals surface area contributed by atoms with E-state index in [2.05, 4.69) is 22.2 Å². The number of amidine groups is 1. The molecular weight excluding hydrogens is 369 g/mol. The number of benzene rings is 1. The van der Waals surface area contributed by atoms with Gasteiger partial charge in [-0.25, -0.2) is 4.99 Å². The third kappa shape index (κ3) is 5.05. The van der Waals surface area contributed by atoms with E-state index in [1.807, 2.05) is 74.5 Å². The molecule has 1 aromatic heterocycles. The van der Waals surface area contributed by atoms with E-state index in [0.717, 1.165) is 39.1 Å². The van der Waals surface area contributed by atoms with Crippen LogP contribution in [0.15, 0.2) is 89.6 Å². The molecule has 0 amide bonds. The van der Waals surface area contributed by atoms with E-state index >= 15 is 0 Å². The van der Waals surface area contributed by atoms with Crippen LogP contribution < -0.4 is 10.6 Å². The fraction of sp³-hybridized carbons (Fsp3) is 0.143. The lowest BCUT2D eigenvalue weighted by atomic mass is 9.95. The maximum Gasteiger partial charge on any atom is 0.144 e. The zero-order valence-electron chi connectivity index (χ0n) is 16.1. The maximum atomic E-state index is 5.96. The Morgan fingerprint density at radius 2 is 1.93 bits per heavy atom. The largest absolute Gasteiger partial charge is 0.367 e. The van der Waals surface area contributed by atoms with Gasteiger partial charge in [0.05, 0.1) is 0 Å². The summed E-state index contributed by atoms with van der Waals surface area (Å²) in [4.78, 5) is 11.0. The molecule has 7 heteroatoms. The maximum absolute atomic E-state index is 5.96. The summed E-state index contributed by atoms with van der Waals surface area (Å²) >= 11 is 5.96. The molecule has 0 aliphatic carbocycles. The van der Waals surface area contributed by atoms with Gasteiger partial charge in [-0.3, -0.25) is 4.98 Å². The third-order valence-corrected chi connectivity index (χ3v) is 4.67. The molecule has 0 bridgehead atoms. The summed E-state index contributed by atoms with van der Waals surface area (Å²) in [6.07, 6.45) is 7.45.